The molecule has 2 aromatic carbocycles. The smallest absolute Gasteiger partial charge is 0.144 e. The summed E-state index contributed by atoms with van der Waals surface area (Å²) in [4.78, 5) is 0. The molecule has 0 saturated heterocycles. The van der Waals surface area contributed by atoms with E-state index in [9.17, 15) is 5.11 Å². The number of aliphatic hydroxyl groups excluding tert-OH is 1. The molecule has 1 atom stereocenters. The molecule has 0 aliphatic rings. The molecule has 3 heteroatoms. The van der Waals surface area contributed by atoms with Gasteiger partial charge in [0.2, 0.25) is 0 Å². The van der Waals surface area contributed by atoms with Crippen molar-refractivity contribution in [3.8, 4) is 23.3 Å². The summed E-state index contributed by atoms with van der Waals surface area (Å²) in [6.45, 7) is 0. The Morgan fingerprint density at radius 1 is 1.00 bits per heavy atom. The maximum atomic E-state index is 10.2. The largest absolute Gasteiger partial charge is 0.497 e. The summed E-state index contributed by atoms with van der Waals surface area (Å²) >= 11 is 0. The third-order valence-electron chi connectivity index (χ3n) is 2.86. The number of methoxy groups -OCH3 is 2. The van der Waals surface area contributed by atoms with Crippen LogP contribution in [0, 0.1) is 11.8 Å². The van der Waals surface area contributed by atoms with Crippen LogP contribution in [0.15, 0.2) is 48.5 Å². The van der Waals surface area contributed by atoms with Crippen LogP contribution in [0.25, 0.3) is 0 Å². The van der Waals surface area contributed by atoms with Gasteiger partial charge < -0.3 is 14.6 Å². The van der Waals surface area contributed by atoms with Crippen molar-refractivity contribution in [1.82, 2.24) is 0 Å². The van der Waals surface area contributed by atoms with Crippen LogP contribution in [0.4, 0.5) is 0 Å². The summed E-state index contributed by atoms with van der Waals surface area (Å²) < 4.78 is 10.4. The molecule has 3 nitrogen and oxygen atoms in total. The van der Waals surface area contributed by atoms with Crippen molar-refractivity contribution in [2.45, 2.75) is 6.10 Å². The molecule has 102 valence electrons. The maximum absolute atomic E-state index is 10.2. The van der Waals surface area contributed by atoms with E-state index in [1.807, 2.05) is 30.3 Å². The van der Waals surface area contributed by atoms with Gasteiger partial charge in [0.15, 0.2) is 0 Å². The Balaban J connectivity index is 2.29. The van der Waals surface area contributed by atoms with Gasteiger partial charge in [0, 0.05) is 11.1 Å². The first kappa shape index (κ1) is 14.0. The topological polar surface area (TPSA) is 38.7 Å². The molecule has 2 rings (SSSR count). The van der Waals surface area contributed by atoms with Gasteiger partial charge in [-0.1, -0.05) is 30.0 Å². The lowest BCUT2D eigenvalue weighted by atomic mass is 10.1. The van der Waals surface area contributed by atoms with E-state index < -0.39 is 6.10 Å². The molecule has 0 fully saturated rings. The molecule has 0 heterocycles. The van der Waals surface area contributed by atoms with Gasteiger partial charge in [-0.15, -0.1) is 0 Å². The van der Waals surface area contributed by atoms with Gasteiger partial charge in [-0.2, -0.15) is 0 Å². The Labute approximate surface area is 118 Å². The summed E-state index contributed by atoms with van der Waals surface area (Å²) in [5.41, 5.74) is 1.45. The van der Waals surface area contributed by atoms with Crippen molar-refractivity contribution >= 4 is 0 Å². The zero-order valence-electron chi connectivity index (χ0n) is 11.5. The number of rotatable bonds is 3. The molecule has 1 unspecified atom stereocenters. The highest BCUT2D eigenvalue weighted by molar-refractivity contribution is 5.45. The zero-order chi connectivity index (χ0) is 14.4. The standard InChI is InChI=1S/C17H16O3/c1-19-14-9-11-17(20-2)15(12-14)16(18)10-8-13-6-4-3-5-7-13/h3-7,9,11-12,16,18H,1-2H3. The fourth-order valence-electron chi connectivity index (χ4n) is 1.80. The minimum atomic E-state index is -0.930. The van der Waals surface area contributed by atoms with E-state index in [-0.39, 0.29) is 0 Å². The van der Waals surface area contributed by atoms with Crippen LogP contribution >= 0.6 is 0 Å². The van der Waals surface area contributed by atoms with Gasteiger partial charge >= 0.3 is 0 Å². The normalized spacial score (nSPS) is 11.2. The van der Waals surface area contributed by atoms with Gasteiger partial charge in [-0.3, -0.25) is 0 Å². The predicted molar refractivity (Wildman–Crippen MR) is 77.8 cm³/mol. The molecule has 2 aromatic rings. The maximum Gasteiger partial charge on any atom is 0.144 e. The zero-order valence-corrected chi connectivity index (χ0v) is 11.5. The quantitative estimate of drug-likeness (QED) is 0.870. The Morgan fingerprint density at radius 2 is 1.75 bits per heavy atom. The van der Waals surface area contributed by atoms with Crippen molar-refractivity contribution in [3.05, 3.63) is 59.7 Å². The summed E-state index contributed by atoms with van der Waals surface area (Å²) in [5.74, 6) is 6.98. The van der Waals surface area contributed by atoms with Crippen LogP contribution in [0.5, 0.6) is 11.5 Å². The highest BCUT2D eigenvalue weighted by atomic mass is 16.5. The van der Waals surface area contributed by atoms with Crippen molar-refractivity contribution in [2.75, 3.05) is 14.2 Å². The molecular weight excluding hydrogens is 252 g/mol. The first-order chi connectivity index (χ1) is 9.74. The van der Waals surface area contributed by atoms with Crippen molar-refractivity contribution in [2.24, 2.45) is 0 Å². The lowest BCUT2D eigenvalue weighted by Gasteiger charge is -2.11. The molecular formula is C17H16O3. The SMILES string of the molecule is COc1ccc(OC)c(C(O)C#Cc2ccccc2)c1. The average Bonchev–Trinajstić information content (AvgIpc) is 2.52. The summed E-state index contributed by atoms with van der Waals surface area (Å²) in [6.07, 6.45) is -0.930. The van der Waals surface area contributed by atoms with E-state index in [2.05, 4.69) is 11.8 Å². The molecule has 1 N–H and O–H groups in total. The summed E-state index contributed by atoms with van der Waals surface area (Å²) in [5, 5.41) is 10.2. The molecule has 0 radical (unpaired) electrons. The summed E-state index contributed by atoms with van der Waals surface area (Å²) in [6, 6.07) is 14.8. The second kappa shape index (κ2) is 6.65. The van der Waals surface area contributed by atoms with E-state index in [0.717, 1.165) is 5.56 Å². The highest BCUT2D eigenvalue weighted by Gasteiger charge is 2.12. The van der Waals surface area contributed by atoms with Gasteiger partial charge in [-0.05, 0) is 30.3 Å². The van der Waals surface area contributed by atoms with Crippen LogP contribution in [0.3, 0.4) is 0 Å². The monoisotopic (exact) mass is 268 g/mol. The predicted octanol–water partition coefficient (Wildman–Crippen LogP) is 2.79. The Morgan fingerprint density at radius 3 is 2.40 bits per heavy atom. The second-order valence-electron chi connectivity index (χ2n) is 4.15. The highest BCUT2D eigenvalue weighted by Crippen LogP contribution is 2.29. The molecule has 0 bridgehead atoms. The van der Waals surface area contributed by atoms with E-state index in [1.54, 1.807) is 32.4 Å². The first-order valence-corrected chi connectivity index (χ1v) is 6.21. The lowest BCUT2D eigenvalue weighted by Crippen LogP contribution is -1.99. The van der Waals surface area contributed by atoms with Gasteiger partial charge in [-0.25, -0.2) is 0 Å². The van der Waals surface area contributed by atoms with Gasteiger partial charge in [0.1, 0.15) is 17.6 Å². The second-order valence-corrected chi connectivity index (χ2v) is 4.15. The molecule has 0 aliphatic carbocycles. The number of benzene rings is 2. The molecule has 0 aliphatic heterocycles. The fraction of sp³-hybridized carbons (Fsp3) is 0.176. The number of hydrogen-bond donors (Lipinski definition) is 1. The van der Waals surface area contributed by atoms with E-state index in [4.69, 9.17) is 9.47 Å². The van der Waals surface area contributed by atoms with Crippen molar-refractivity contribution < 1.29 is 14.6 Å². The first-order valence-electron chi connectivity index (χ1n) is 6.21. The third-order valence-corrected chi connectivity index (χ3v) is 2.86. The summed E-state index contributed by atoms with van der Waals surface area (Å²) in [7, 11) is 3.14. The van der Waals surface area contributed by atoms with Gasteiger partial charge in [0.25, 0.3) is 0 Å². The third kappa shape index (κ3) is 3.31. The van der Waals surface area contributed by atoms with Crippen LogP contribution in [-0.2, 0) is 0 Å². The Kier molecular flexibility index (Phi) is 4.65. The van der Waals surface area contributed by atoms with Crippen molar-refractivity contribution in [3.63, 3.8) is 0 Å². The van der Waals surface area contributed by atoms with Crippen LogP contribution in [0.1, 0.15) is 17.2 Å². The van der Waals surface area contributed by atoms with Gasteiger partial charge in [0.05, 0.1) is 14.2 Å². The lowest BCUT2D eigenvalue weighted by molar-refractivity contribution is 0.231. The van der Waals surface area contributed by atoms with Crippen LogP contribution < -0.4 is 9.47 Å². The fourth-order valence-corrected chi connectivity index (χ4v) is 1.80. The molecule has 0 aromatic heterocycles. The number of ether oxygens (including phenoxy) is 2. The Bertz CT molecular complexity index is 624. The van der Waals surface area contributed by atoms with E-state index in [1.165, 1.54) is 0 Å². The van der Waals surface area contributed by atoms with E-state index in [0.29, 0.717) is 17.1 Å². The van der Waals surface area contributed by atoms with Crippen LogP contribution in [-0.4, -0.2) is 19.3 Å². The Hall–Kier alpha value is -2.44. The minimum absolute atomic E-state index is 0.584. The van der Waals surface area contributed by atoms with Crippen molar-refractivity contribution in [1.29, 1.82) is 0 Å². The average molecular weight is 268 g/mol. The molecule has 0 amide bonds. The molecule has 20 heavy (non-hydrogen) atoms. The van der Waals surface area contributed by atoms with E-state index >= 15 is 0 Å². The molecule has 0 spiro atoms. The number of hydrogen-bond acceptors (Lipinski definition) is 3. The minimum Gasteiger partial charge on any atom is -0.497 e. The van der Waals surface area contributed by atoms with Crippen LogP contribution in [0.2, 0.25) is 0 Å². The number of aliphatic hydroxyl groups is 1. The molecule has 0 saturated carbocycles.